The first-order chi connectivity index (χ1) is 22.1. The van der Waals surface area contributed by atoms with Crippen LogP contribution in [0.15, 0.2) is 36.0 Å². The van der Waals surface area contributed by atoms with Crippen LogP contribution in [-0.2, 0) is 32.0 Å². The Bertz CT molecular complexity index is 1720. The van der Waals surface area contributed by atoms with Gasteiger partial charge in [-0.25, -0.2) is 24.1 Å². The second kappa shape index (κ2) is 14.1. The second-order valence-corrected chi connectivity index (χ2v) is 14.5. The van der Waals surface area contributed by atoms with Crippen LogP contribution in [0.1, 0.15) is 29.7 Å². The lowest BCUT2D eigenvalue weighted by Gasteiger charge is -2.20. The van der Waals surface area contributed by atoms with Gasteiger partial charge in [0, 0.05) is 6.07 Å². The van der Waals surface area contributed by atoms with Gasteiger partial charge in [0.1, 0.15) is 42.4 Å². The molecule has 0 saturated carbocycles. The number of rotatable bonds is 13. The summed E-state index contributed by atoms with van der Waals surface area (Å²) in [6.45, 7) is 0.0441. The van der Waals surface area contributed by atoms with Gasteiger partial charge < -0.3 is 51.2 Å². The highest BCUT2D eigenvalue weighted by Crippen LogP contribution is 2.60. The normalized spacial score (nSPS) is 30.4. The Labute approximate surface area is 269 Å². The summed E-state index contributed by atoms with van der Waals surface area (Å²) in [6.07, 6.45) is -8.12. The molecule has 258 valence electrons. The van der Waals surface area contributed by atoms with Crippen LogP contribution >= 0.6 is 27.4 Å². The fourth-order valence-electron chi connectivity index (χ4n) is 4.87. The number of aromatic nitrogens is 5. The maximum absolute atomic E-state index is 12.6. The summed E-state index contributed by atoms with van der Waals surface area (Å²) in [7, 11) is -10.8. The van der Waals surface area contributed by atoms with E-state index >= 15 is 0 Å². The van der Waals surface area contributed by atoms with Gasteiger partial charge in [0.05, 0.1) is 13.2 Å². The summed E-state index contributed by atoms with van der Waals surface area (Å²) in [6, 6.07) is 2.84. The van der Waals surface area contributed by atoms with Crippen LogP contribution in [0, 0.1) is 0 Å². The monoisotopic (exact) mass is 724 g/mol. The number of imidazole rings is 1. The summed E-state index contributed by atoms with van der Waals surface area (Å²) in [4.78, 5) is 44.1. The van der Waals surface area contributed by atoms with Gasteiger partial charge in [0.2, 0.25) is 0 Å². The van der Waals surface area contributed by atoms with E-state index in [0.29, 0.717) is 10.9 Å². The minimum atomic E-state index is -5.39. The SMILES string of the molecule is CCSc1nc2c(N)ncnc2n1[C@@H]1O[C@H](COP(=O)(O)OP(=O)(O)OC[C@@H]2O[C@H]([n+]3cccc(C(N)=O)c3)C(O)[C@@H]2O)C(O)[C@@H]1O. The average molecular weight is 725 g/mol. The van der Waals surface area contributed by atoms with E-state index in [1.165, 1.54) is 51.7 Å². The van der Waals surface area contributed by atoms with E-state index in [1.807, 2.05) is 6.92 Å². The molecule has 10 N–H and O–H groups in total. The predicted molar refractivity (Wildman–Crippen MR) is 156 cm³/mol. The molecule has 0 bridgehead atoms. The number of hydrogen-bond donors (Lipinski definition) is 8. The van der Waals surface area contributed by atoms with Crippen molar-refractivity contribution >= 4 is 50.3 Å². The van der Waals surface area contributed by atoms with Crippen molar-refractivity contribution in [1.82, 2.24) is 19.5 Å². The standard InChI is InChI=1S/C23H31N7O14P2S/c1-2-47-23-28-13-18(24)26-9-27-20(13)30(23)22-17(34)15(32)12(43-22)8-41-46(38,39)44-45(36,37)40-7-11-14(31)16(33)21(42-11)29-5-3-4-10(6-29)19(25)35/h3-6,9,11-12,14-17,21-22,31-34H,2,7-8H2,1H3,(H5-,24,25,26,27,35,36,37,38,39)/p+1/t11-,12+,14+,15?,16?,17-,21-,22+/m0/s1. The number of nitrogens with two attached hydrogens (primary N) is 2. The fraction of sp³-hybridized carbons (Fsp3) is 0.522. The molecule has 5 rings (SSSR count). The average Bonchev–Trinajstić information content (AvgIpc) is 3.62. The molecule has 3 aromatic rings. The van der Waals surface area contributed by atoms with Crippen LogP contribution < -0.4 is 16.0 Å². The molecule has 47 heavy (non-hydrogen) atoms. The number of phosphoric acid groups is 2. The Balaban J connectivity index is 1.19. The molecule has 21 nitrogen and oxygen atoms in total. The predicted octanol–water partition coefficient (Wildman–Crippen LogP) is -1.90. The molecular weight excluding hydrogens is 692 g/mol. The van der Waals surface area contributed by atoms with Crippen LogP contribution in [0.4, 0.5) is 5.82 Å². The van der Waals surface area contributed by atoms with Crippen LogP contribution in [0.5, 0.6) is 0 Å². The molecular formula is C23H32N7O14P2S+. The topological polar surface area (TPSA) is 318 Å². The molecule has 0 spiro atoms. The van der Waals surface area contributed by atoms with Crippen molar-refractivity contribution in [1.29, 1.82) is 0 Å². The van der Waals surface area contributed by atoms with Crippen molar-refractivity contribution < 1.29 is 71.5 Å². The number of primary amides is 1. The summed E-state index contributed by atoms with van der Waals surface area (Å²) in [5.41, 5.74) is 11.6. The molecule has 0 radical (unpaired) electrons. The van der Waals surface area contributed by atoms with Gasteiger partial charge in [-0.3, -0.25) is 18.4 Å². The van der Waals surface area contributed by atoms with E-state index in [9.17, 15) is 44.1 Å². The zero-order valence-electron chi connectivity index (χ0n) is 24.3. The molecule has 24 heteroatoms. The second-order valence-electron chi connectivity index (χ2n) is 10.2. The molecule has 0 aromatic carbocycles. The lowest BCUT2D eigenvalue weighted by molar-refractivity contribution is -0.765. The molecule has 3 aromatic heterocycles. The number of nitrogen functional groups attached to an aromatic ring is 1. The first-order valence-corrected chi connectivity index (χ1v) is 17.7. The van der Waals surface area contributed by atoms with Crippen molar-refractivity contribution in [2.24, 2.45) is 5.73 Å². The Morgan fingerprint density at radius 2 is 1.68 bits per heavy atom. The molecule has 2 aliphatic heterocycles. The van der Waals surface area contributed by atoms with Crippen molar-refractivity contribution in [2.45, 2.75) is 61.2 Å². The maximum Gasteiger partial charge on any atom is 0.481 e. The third kappa shape index (κ3) is 7.66. The van der Waals surface area contributed by atoms with Gasteiger partial charge in [-0.2, -0.15) is 8.88 Å². The minimum Gasteiger partial charge on any atom is -0.387 e. The first-order valence-electron chi connectivity index (χ1n) is 13.7. The van der Waals surface area contributed by atoms with Gasteiger partial charge in [-0.15, -0.1) is 0 Å². The molecule has 2 aliphatic rings. The van der Waals surface area contributed by atoms with Crippen LogP contribution in [-0.4, -0.2) is 111 Å². The Kier molecular flexibility index (Phi) is 10.7. The molecule has 0 aliphatic carbocycles. The molecule has 5 heterocycles. The number of carbonyl (C=O) groups is 1. The van der Waals surface area contributed by atoms with Gasteiger partial charge >= 0.3 is 15.6 Å². The number of aliphatic hydroxyl groups excluding tert-OH is 4. The third-order valence-electron chi connectivity index (χ3n) is 7.09. The Morgan fingerprint density at radius 1 is 1.04 bits per heavy atom. The largest absolute Gasteiger partial charge is 0.481 e. The van der Waals surface area contributed by atoms with Gasteiger partial charge in [-0.05, 0) is 11.8 Å². The van der Waals surface area contributed by atoms with E-state index < -0.39 is 83.8 Å². The zero-order chi connectivity index (χ0) is 34.3. The number of carbonyl (C=O) groups excluding carboxylic acids is 1. The lowest BCUT2D eigenvalue weighted by atomic mass is 10.1. The van der Waals surface area contributed by atoms with E-state index in [4.69, 9.17) is 30.0 Å². The number of nitrogens with zero attached hydrogens (tertiary/aromatic N) is 5. The maximum atomic E-state index is 12.6. The molecule has 2 saturated heterocycles. The highest BCUT2D eigenvalue weighted by Gasteiger charge is 2.50. The number of ether oxygens (including phenoxy) is 2. The van der Waals surface area contributed by atoms with E-state index in [-0.39, 0.29) is 22.5 Å². The fourth-order valence-corrected chi connectivity index (χ4v) is 7.70. The summed E-state index contributed by atoms with van der Waals surface area (Å²) >= 11 is 1.26. The summed E-state index contributed by atoms with van der Waals surface area (Å²) in [5, 5.41) is 42.5. The van der Waals surface area contributed by atoms with Gasteiger partial charge in [0.15, 0.2) is 46.9 Å². The van der Waals surface area contributed by atoms with Crippen LogP contribution in [0.2, 0.25) is 0 Å². The number of anilines is 1. The number of thioether (sulfide) groups is 1. The van der Waals surface area contributed by atoms with Gasteiger partial charge in [0.25, 0.3) is 12.1 Å². The molecule has 10 atom stereocenters. The van der Waals surface area contributed by atoms with Crippen molar-refractivity contribution in [2.75, 3.05) is 24.7 Å². The first kappa shape index (κ1) is 35.6. The summed E-state index contributed by atoms with van der Waals surface area (Å²) < 4.78 is 52.7. The number of aliphatic hydroxyl groups is 4. The smallest absolute Gasteiger partial charge is 0.387 e. The number of phosphoric ester groups is 2. The highest BCUT2D eigenvalue weighted by atomic mass is 32.2. The lowest BCUT2D eigenvalue weighted by Crippen LogP contribution is -2.46. The molecule has 2 fully saturated rings. The highest BCUT2D eigenvalue weighted by molar-refractivity contribution is 7.99. The van der Waals surface area contributed by atoms with Crippen LogP contribution in [0.3, 0.4) is 0 Å². The quantitative estimate of drug-likeness (QED) is 0.0542. The minimum absolute atomic E-state index is 0.0625. The van der Waals surface area contributed by atoms with E-state index in [2.05, 4.69) is 19.3 Å². The van der Waals surface area contributed by atoms with Crippen molar-refractivity contribution in [3.8, 4) is 0 Å². The summed E-state index contributed by atoms with van der Waals surface area (Å²) in [5.74, 6) is -0.147. The number of fused-ring (bicyclic) bond motifs is 1. The third-order valence-corrected chi connectivity index (χ3v) is 10.5. The van der Waals surface area contributed by atoms with Crippen molar-refractivity contribution in [3.63, 3.8) is 0 Å². The van der Waals surface area contributed by atoms with E-state index in [0.717, 1.165) is 0 Å². The Morgan fingerprint density at radius 3 is 2.32 bits per heavy atom. The van der Waals surface area contributed by atoms with Crippen LogP contribution in [0.25, 0.3) is 11.2 Å². The van der Waals surface area contributed by atoms with E-state index in [1.54, 1.807) is 0 Å². The molecule has 1 amide bonds. The van der Waals surface area contributed by atoms with Gasteiger partial charge in [-0.1, -0.05) is 18.7 Å². The zero-order valence-corrected chi connectivity index (χ0v) is 26.9. The number of hydrogen-bond acceptors (Lipinski definition) is 17. The number of amides is 1. The molecule has 4 unspecified atom stereocenters. The number of pyridine rings is 1. The Hall–Kier alpha value is -2.66. The van der Waals surface area contributed by atoms with Crippen molar-refractivity contribution in [3.05, 3.63) is 36.4 Å².